The molecule has 20 heavy (non-hydrogen) atoms. The van der Waals surface area contributed by atoms with Crippen LogP contribution >= 0.6 is 11.6 Å². The number of carbonyl (C=O) groups excluding carboxylic acids is 1. The number of nitrogens with zero attached hydrogens (tertiary/aromatic N) is 2. The molecular formula is C16H11ClN2O. The summed E-state index contributed by atoms with van der Waals surface area (Å²) in [6.07, 6.45) is 0.524. The molecule has 0 atom stereocenters. The lowest BCUT2D eigenvalue weighted by Crippen LogP contribution is -2.14. The van der Waals surface area contributed by atoms with Crippen molar-refractivity contribution in [2.75, 3.05) is 0 Å². The molecular weight excluding hydrogens is 272 g/mol. The first-order valence-electron chi connectivity index (χ1n) is 6.52. The number of Topliss-reactive ketones (excluding diaryl/α,β-unsaturated/α-hetero) is 1. The number of hydrogen-bond donors (Lipinski definition) is 0. The third-order valence-electron chi connectivity index (χ3n) is 3.71. The van der Waals surface area contributed by atoms with Crippen molar-refractivity contribution in [1.29, 1.82) is 0 Å². The van der Waals surface area contributed by atoms with E-state index in [0.717, 1.165) is 28.0 Å². The molecule has 2 aromatic carbocycles. The van der Waals surface area contributed by atoms with Crippen molar-refractivity contribution in [3.05, 3.63) is 53.1 Å². The van der Waals surface area contributed by atoms with Gasteiger partial charge in [-0.15, -0.1) is 0 Å². The van der Waals surface area contributed by atoms with Gasteiger partial charge in [-0.2, -0.15) is 0 Å². The molecule has 0 fully saturated rings. The summed E-state index contributed by atoms with van der Waals surface area (Å²) < 4.78 is 2.12. The highest BCUT2D eigenvalue weighted by Gasteiger charge is 2.23. The summed E-state index contributed by atoms with van der Waals surface area (Å²) in [5.74, 6) is 1.07. The Morgan fingerprint density at radius 1 is 1.15 bits per heavy atom. The molecule has 0 N–H and O–H groups in total. The summed E-state index contributed by atoms with van der Waals surface area (Å²) in [4.78, 5) is 16.7. The second-order valence-corrected chi connectivity index (χ2v) is 5.38. The van der Waals surface area contributed by atoms with Gasteiger partial charge in [0.15, 0.2) is 5.78 Å². The minimum absolute atomic E-state index is 0.195. The molecule has 3 aromatic rings. The smallest absolute Gasteiger partial charge is 0.166 e. The van der Waals surface area contributed by atoms with Crippen LogP contribution < -0.4 is 0 Å². The highest BCUT2D eigenvalue weighted by atomic mass is 35.5. The fourth-order valence-corrected chi connectivity index (χ4v) is 3.01. The molecule has 0 saturated carbocycles. The van der Waals surface area contributed by atoms with E-state index in [0.29, 0.717) is 18.0 Å². The maximum Gasteiger partial charge on any atom is 0.166 e. The van der Waals surface area contributed by atoms with Crippen LogP contribution in [-0.4, -0.2) is 15.3 Å². The number of benzene rings is 2. The van der Waals surface area contributed by atoms with E-state index in [9.17, 15) is 4.79 Å². The summed E-state index contributed by atoms with van der Waals surface area (Å²) >= 11 is 6.07. The van der Waals surface area contributed by atoms with Crippen LogP contribution in [0.1, 0.15) is 16.8 Å². The number of hydrogen-bond acceptors (Lipinski definition) is 2. The molecule has 98 valence electrons. The monoisotopic (exact) mass is 282 g/mol. The molecule has 1 aliphatic rings. The zero-order valence-electron chi connectivity index (χ0n) is 10.6. The fourth-order valence-electron chi connectivity index (χ4n) is 2.82. The molecule has 1 aromatic heterocycles. The predicted octanol–water partition coefficient (Wildman–Crippen LogP) is 3.94. The van der Waals surface area contributed by atoms with E-state index in [2.05, 4.69) is 9.55 Å². The van der Waals surface area contributed by atoms with E-state index >= 15 is 0 Å². The van der Waals surface area contributed by atoms with Crippen molar-refractivity contribution in [1.82, 2.24) is 9.55 Å². The van der Waals surface area contributed by atoms with Crippen molar-refractivity contribution < 1.29 is 4.79 Å². The first-order chi connectivity index (χ1) is 9.74. The summed E-state index contributed by atoms with van der Waals surface area (Å²) in [6, 6.07) is 13.4. The Morgan fingerprint density at radius 3 is 2.85 bits per heavy atom. The van der Waals surface area contributed by atoms with E-state index < -0.39 is 0 Å². The number of aromatic nitrogens is 2. The van der Waals surface area contributed by atoms with Gasteiger partial charge < -0.3 is 4.57 Å². The Kier molecular flexibility index (Phi) is 2.44. The molecule has 4 heteroatoms. The molecule has 2 heterocycles. The number of imidazole rings is 1. The molecule has 0 bridgehead atoms. The summed E-state index contributed by atoms with van der Waals surface area (Å²) in [6.45, 7) is 0.675. The second-order valence-electron chi connectivity index (χ2n) is 4.94. The van der Waals surface area contributed by atoms with Gasteiger partial charge in [0.1, 0.15) is 5.82 Å². The lowest BCUT2D eigenvalue weighted by Gasteiger charge is -2.15. The van der Waals surface area contributed by atoms with Crippen LogP contribution in [0.15, 0.2) is 42.5 Å². The zero-order chi connectivity index (χ0) is 13.7. The first-order valence-corrected chi connectivity index (χ1v) is 6.90. The van der Waals surface area contributed by atoms with E-state index in [1.165, 1.54) is 0 Å². The molecule has 0 radical (unpaired) electrons. The number of halogens is 1. The highest BCUT2D eigenvalue weighted by Crippen LogP contribution is 2.31. The van der Waals surface area contributed by atoms with Crippen LogP contribution in [-0.2, 0) is 6.54 Å². The highest BCUT2D eigenvalue weighted by molar-refractivity contribution is 6.30. The van der Waals surface area contributed by atoms with Gasteiger partial charge in [0, 0.05) is 29.1 Å². The van der Waals surface area contributed by atoms with Gasteiger partial charge in [-0.3, -0.25) is 4.79 Å². The molecule has 0 amide bonds. The van der Waals surface area contributed by atoms with Gasteiger partial charge >= 0.3 is 0 Å². The van der Waals surface area contributed by atoms with Gasteiger partial charge in [0.25, 0.3) is 0 Å². The number of rotatable bonds is 1. The van der Waals surface area contributed by atoms with Crippen LogP contribution in [0.5, 0.6) is 0 Å². The quantitative estimate of drug-likeness (QED) is 0.677. The van der Waals surface area contributed by atoms with E-state index in [1.807, 2.05) is 42.5 Å². The maximum absolute atomic E-state index is 12.0. The minimum atomic E-state index is 0.195. The largest absolute Gasteiger partial charge is 0.323 e. The Balaban J connectivity index is 2.06. The second kappa shape index (κ2) is 4.18. The predicted molar refractivity (Wildman–Crippen MR) is 79.1 cm³/mol. The molecule has 0 spiro atoms. The van der Waals surface area contributed by atoms with Gasteiger partial charge in [0.05, 0.1) is 11.0 Å². The van der Waals surface area contributed by atoms with Crippen LogP contribution in [0, 0.1) is 0 Å². The van der Waals surface area contributed by atoms with Crippen LogP contribution in [0.2, 0.25) is 5.02 Å². The molecule has 1 aliphatic heterocycles. The van der Waals surface area contributed by atoms with Crippen molar-refractivity contribution in [3.63, 3.8) is 0 Å². The number of para-hydroxylation sites is 1. The van der Waals surface area contributed by atoms with Gasteiger partial charge in [-0.25, -0.2) is 4.98 Å². The Morgan fingerprint density at radius 2 is 2.00 bits per heavy atom. The van der Waals surface area contributed by atoms with E-state index in [4.69, 9.17) is 11.6 Å². The third kappa shape index (κ3) is 1.60. The summed E-state index contributed by atoms with van der Waals surface area (Å²) in [5.41, 5.74) is 3.56. The van der Waals surface area contributed by atoms with Crippen molar-refractivity contribution in [2.24, 2.45) is 0 Å². The first kappa shape index (κ1) is 11.7. The van der Waals surface area contributed by atoms with Gasteiger partial charge in [0.2, 0.25) is 0 Å². The number of carbonyl (C=O) groups is 1. The molecule has 4 rings (SSSR count). The lowest BCUT2D eigenvalue weighted by atomic mass is 10.0. The topological polar surface area (TPSA) is 34.9 Å². The van der Waals surface area contributed by atoms with E-state index in [-0.39, 0.29) is 5.78 Å². The zero-order valence-corrected chi connectivity index (χ0v) is 11.4. The van der Waals surface area contributed by atoms with Gasteiger partial charge in [-0.05, 0) is 24.3 Å². The van der Waals surface area contributed by atoms with Gasteiger partial charge in [-0.1, -0.05) is 29.8 Å². The Bertz CT molecular complexity index is 851. The van der Waals surface area contributed by atoms with Crippen LogP contribution in [0.25, 0.3) is 22.4 Å². The molecule has 3 nitrogen and oxygen atoms in total. The minimum Gasteiger partial charge on any atom is -0.323 e. The normalized spacial score (nSPS) is 13.9. The molecule has 0 aliphatic carbocycles. The third-order valence-corrected chi connectivity index (χ3v) is 3.95. The Hall–Kier alpha value is -2.13. The van der Waals surface area contributed by atoms with E-state index in [1.54, 1.807) is 0 Å². The van der Waals surface area contributed by atoms with Crippen LogP contribution in [0.4, 0.5) is 0 Å². The number of ketones is 1. The maximum atomic E-state index is 12.0. The average Bonchev–Trinajstić information content (AvgIpc) is 2.83. The number of aryl methyl sites for hydroxylation is 1. The summed E-state index contributed by atoms with van der Waals surface area (Å²) in [5, 5.41) is 0.689. The molecule has 0 saturated heterocycles. The van der Waals surface area contributed by atoms with Crippen LogP contribution in [0.3, 0.4) is 0 Å². The van der Waals surface area contributed by atoms with Crippen molar-refractivity contribution in [2.45, 2.75) is 13.0 Å². The standard InChI is InChI=1S/C16H11ClN2O/c17-11-4-1-3-10(9-11)16-18-13-6-2-5-12-14(20)7-8-19(16)15(12)13/h1-6,9H,7-8H2. The summed E-state index contributed by atoms with van der Waals surface area (Å²) in [7, 11) is 0. The SMILES string of the molecule is O=C1CCn2c(-c3cccc(Cl)c3)nc3cccc1c32. The lowest BCUT2D eigenvalue weighted by molar-refractivity contribution is 0.0973. The molecule has 0 unspecified atom stereocenters. The van der Waals surface area contributed by atoms with Crippen molar-refractivity contribution in [3.8, 4) is 11.4 Å². The van der Waals surface area contributed by atoms with Crippen molar-refractivity contribution >= 4 is 28.4 Å². The Labute approximate surface area is 120 Å². The fraction of sp³-hybridized carbons (Fsp3) is 0.125. The average molecular weight is 283 g/mol.